The predicted molar refractivity (Wildman–Crippen MR) is 68.5 cm³/mol. The molecule has 2 rings (SSSR count). The molecule has 0 amide bonds. The van der Waals surface area contributed by atoms with Crippen LogP contribution in [0, 0.1) is 0 Å². The number of sulfonamides is 1. The molecule has 0 bridgehead atoms. The van der Waals surface area contributed by atoms with Crippen LogP contribution >= 0.6 is 0 Å². The lowest BCUT2D eigenvalue weighted by atomic mass is 9.94. The third kappa shape index (κ3) is 2.57. The summed E-state index contributed by atoms with van der Waals surface area (Å²) in [5, 5.41) is 4.06. The first-order valence-electron chi connectivity index (χ1n) is 6.26. The van der Waals surface area contributed by atoms with E-state index in [0.29, 0.717) is 13.1 Å². The zero-order valence-corrected chi connectivity index (χ0v) is 11.4. The summed E-state index contributed by atoms with van der Waals surface area (Å²) >= 11 is 0. The Morgan fingerprint density at radius 2 is 2.28 bits per heavy atom. The predicted octanol–water partition coefficient (Wildman–Crippen LogP) is 0.405. The van der Waals surface area contributed by atoms with E-state index < -0.39 is 10.0 Å². The minimum absolute atomic E-state index is 0.155. The number of nitrogens with two attached hydrogens (primary N) is 1. The van der Waals surface area contributed by atoms with Gasteiger partial charge in [-0.25, -0.2) is 8.42 Å². The molecule has 1 aliphatic rings. The second-order valence-electron chi connectivity index (χ2n) is 4.69. The smallest absolute Gasteiger partial charge is 0.246 e. The Labute approximate surface area is 108 Å². The lowest BCUT2D eigenvalue weighted by Crippen LogP contribution is -2.41. The zero-order valence-electron chi connectivity index (χ0n) is 10.6. The van der Waals surface area contributed by atoms with Crippen molar-refractivity contribution in [1.82, 2.24) is 14.1 Å². The average molecular weight is 272 g/mol. The Bertz CT molecular complexity index is 493. The van der Waals surface area contributed by atoms with E-state index in [1.807, 2.05) is 0 Å². The van der Waals surface area contributed by atoms with Crippen LogP contribution in [0.4, 0.5) is 0 Å². The highest BCUT2D eigenvalue weighted by molar-refractivity contribution is 7.89. The highest BCUT2D eigenvalue weighted by atomic mass is 32.2. The highest BCUT2D eigenvalue weighted by Crippen LogP contribution is 2.28. The molecular formula is C11H20N4O2S. The van der Waals surface area contributed by atoms with Gasteiger partial charge in [-0.2, -0.15) is 9.40 Å². The molecule has 1 saturated carbocycles. The SMILES string of the molecule is CN(C1CCC1)S(=O)(=O)c1cnn(CCCN)c1. The maximum atomic E-state index is 12.3. The number of hydrogen-bond donors (Lipinski definition) is 1. The molecule has 2 N–H and O–H groups in total. The molecule has 0 atom stereocenters. The minimum Gasteiger partial charge on any atom is -0.330 e. The molecule has 0 aromatic carbocycles. The summed E-state index contributed by atoms with van der Waals surface area (Å²) in [6.07, 6.45) is 6.81. The number of rotatable bonds is 6. The fourth-order valence-electron chi connectivity index (χ4n) is 1.97. The normalized spacial score (nSPS) is 17.1. The van der Waals surface area contributed by atoms with E-state index in [9.17, 15) is 8.42 Å². The fraction of sp³-hybridized carbons (Fsp3) is 0.727. The molecule has 7 heteroatoms. The molecular weight excluding hydrogens is 252 g/mol. The van der Waals surface area contributed by atoms with E-state index in [2.05, 4.69) is 5.10 Å². The van der Waals surface area contributed by atoms with E-state index in [4.69, 9.17) is 5.73 Å². The first-order chi connectivity index (χ1) is 8.55. The topological polar surface area (TPSA) is 81.2 Å². The van der Waals surface area contributed by atoms with Crippen molar-refractivity contribution in [1.29, 1.82) is 0 Å². The van der Waals surface area contributed by atoms with Crippen molar-refractivity contribution >= 4 is 10.0 Å². The summed E-state index contributed by atoms with van der Waals surface area (Å²) in [4.78, 5) is 0.272. The highest BCUT2D eigenvalue weighted by Gasteiger charge is 2.32. The number of aryl methyl sites for hydroxylation is 1. The molecule has 0 radical (unpaired) electrons. The second-order valence-corrected chi connectivity index (χ2v) is 6.68. The lowest BCUT2D eigenvalue weighted by Gasteiger charge is -2.33. The van der Waals surface area contributed by atoms with Gasteiger partial charge in [0.2, 0.25) is 10.0 Å². The molecule has 1 heterocycles. The summed E-state index contributed by atoms with van der Waals surface area (Å²) in [5.41, 5.74) is 5.41. The third-order valence-corrected chi connectivity index (χ3v) is 5.33. The molecule has 0 saturated heterocycles. The first kappa shape index (κ1) is 13.5. The van der Waals surface area contributed by atoms with Gasteiger partial charge in [-0.1, -0.05) is 6.42 Å². The Kier molecular flexibility index (Phi) is 4.04. The van der Waals surface area contributed by atoms with Crippen LogP contribution in [0.15, 0.2) is 17.3 Å². The van der Waals surface area contributed by atoms with E-state index in [1.54, 1.807) is 17.9 Å². The largest absolute Gasteiger partial charge is 0.330 e. The van der Waals surface area contributed by atoms with Gasteiger partial charge in [-0.15, -0.1) is 0 Å². The molecule has 1 fully saturated rings. The van der Waals surface area contributed by atoms with Gasteiger partial charge in [0.05, 0.1) is 6.20 Å². The van der Waals surface area contributed by atoms with Gasteiger partial charge in [0.1, 0.15) is 4.90 Å². The monoisotopic (exact) mass is 272 g/mol. The maximum Gasteiger partial charge on any atom is 0.246 e. The number of nitrogens with zero attached hydrogens (tertiary/aromatic N) is 3. The van der Waals surface area contributed by atoms with Crippen molar-refractivity contribution in [3.63, 3.8) is 0 Å². The zero-order chi connectivity index (χ0) is 13.2. The molecule has 1 aromatic rings. The summed E-state index contributed by atoms with van der Waals surface area (Å²) in [6, 6.07) is 0.155. The molecule has 0 spiro atoms. The van der Waals surface area contributed by atoms with Crippen molar-refractivity contribution in [3.05, 3.63) is 12.4 Å². The first-order valence-corrected chi connectivity index (χ1v) is 7.70. The van der Waals surface area contributed by atoms with Crippen LogP contribution in [0.2, 0.25) is 0 Å². The fourth-order valence-corrected chi connectivity index (χ4v) is 3.34. The van der Waals surface area contributed by atoms with Crippen LogP contribution in [0.3, 0.4) is 0 Å². The molecule has 0 aliphatic heterocycles. The molecule has 0 unspecified atom stereocenters. The second kappa shape index (κ2) is 5.38. The summed E-state index contributed by atoms with van der Waals surface area (Å²) in [5.74, 6) is 0. The Balaban J connectivity index is 2.11. The van der Waals surface area contributed by atoms with Crippen LogP contribution in [0.25, 0.3) is 0 Å². The van der Waals surface area contributed by atoms with Gasteiger partial charge < -0.3 is 5.73 Å². The van der Waals surface area contributed by atoms with Crippen LogP contribution in [-0.4, -0.2) is 42.1 Å². The average Bonchev–Trinajstić information content (AvgIpc) is 2.73. The van der Waals surface area contributed by atoms with Crippen molar-refractivity contribution in [2.75, 3.05) is 13.6 Å². The maximum absolute atomic E-state index is 12.3. The van der Waals surface area contributed by atoms with Gasteiger partial charge in [0.15, 0.2) is 0 Å². The van der Waals surface area contributed by atoms with Gasteiger partial charge >= 0.3 is 0 Å². The van der Waals surface area contributed by atoms with Crippen LogP contribution < -0.4 is 5.73 Å². The van der Waals surface area contributed by atoms with E-state index in [1.165, 1.54) is 10.5 Å². The van der Waals surface area contributed by atoms with Crippen molar-refractivity contribution in [3.8, 4) is 0 Å². The van der Waals surface area contributed by atoms with E-state index >= 15 is 0 Å². The number of hydrogen-bond acceptors (Lipinski definition) is 4. The lowest BCUT2D eigenvalue weighted by molar-refractivity contribution is 0.249. The number of aromatic nitrogens is 2. The summed E-state index contributed by atoms with van der Waals surface area (Å²) in [7, 11) is -1.74. The Morgan fingerprint density at radius 3 is 2.83 bits per heavy atom. The Hall–Kier alpha value is -0.920. The molecule has 1 aliphatic carbocycles. The third-order valence-electron chi connectivity index (χ3n) is 3.47. The van der Waals surface area contributed by atoms with Crippen LogP contribution in [0.1, 0.15) is 25.7 Å². The van der Waals surface area contributed by atoms with Gasteiger partial charge in [-0.3, -0.25) is 4.68 Å². The molecule has 18 heavy (non-hydrogen) atoms. The van der Waals surface area contributed by atoms with Crippen molar-refractivity contribution in [2.45, 2.75) is 43.2 Å². The molecule has 6 nitrogen and oxygen atoms in total. The van der Waals surface area contributed by atoms with Crippen LogP contribution in [-0.2, 0) is 16.6 Å². The standard InChI is InChI=1S/C11H20N4O2S/c1-14(10-4-2-5-10)18(16,17)11-8-13-15(9-11)7-3-6-12/h8-10H,2-7,12H2,1H3. The van der Waals surface area contributed by atoms with Crippen molar-refractivity contribution in [2.24, 2.45) is 5.73 Å². The van der Waals surface area contributed by atoms with Gasteiger partial charge in [0, 0.05) is 25.8 Å². The van der Waals surface area contributed by atoms with Crippen molar-refractivity contribution < 1.29 is 8.42 Å². The molecule has 102 valence electrons. The van der Waals surface area contributed by atoms with E-state index in [0.717, 1.165) is 25.7 Å². The van der Waals surface area contributed by atoms with Gasteiger partial charge in [-0.05, 0) is 25.8 Å². The van der Waals surface area contributed by atoms with E-state index in [-0.39, 0.29) is 10.9 Å². The Morgan fingerprint density at radius 1 is 1.56 bits per heavy atom. The quantitative estimate of drug-likeness (QED) is 0.813. The van der Waals surface area contributed by atoms with Crippen LogP contribution in [0.5, 0.6) is 0 Å². The summed E-state index contributed by atoms with van der Waals surface area (Å²) in [6.45, 7) is 1.23. The minimum atomic E-state index is -3.38. The van der Waals surface area contributed by atoms with Gasteiger partial charge in [0.25, 0.3) is 0 Å². The molecule has 1 aromatic heterocycles. The summed E-state index contributed by atoms with van der Waals surface area (Å²) < 4.78 is 27.7.